The smallest absolute Gasteiger partial charge is 0.248 e. The molecule has 2 aliphatic rings. The molecule has 1 aliphatic carbocycles. The standard InChI is InChI=1S/C13H19N5O2/c1-9-13(20)17(7-11-6-14-16-18(9)11)8-12(19)15-10-4-2-3-5-10/h6,9-10H,2-5,7-8H2,1H3,(H,15,19)/t9-/m0/s1. The largest absolute Gasteiger partial charge is 0.352 e. The molecular weight excluding hydrogens is 258 g/mol. The summed E-state index contributed by atoms with van der Waals surface area (Å²) >= 11 is 0. The molecule has 108 valence electrons. The zero-order valence-corrected chi connectivity index (χ0v) is 11.6. The van der Waals surface area contributed by atoms with Gasteiger partial charge in [0.15, 0.2) is 0 Å². The molecule has 2 amide bonds. The number of aromatic nitrogens is 3. The van der Waals surface area contributed by atoms with E-state index >= 15 is 0 Å². The highest BCUT2D eigenvalue weighted by atomic mass is 16.2. The van der Waals surface area contributed by atoms with Gasteiger partial charge in [-0.15, -0.1) is 5.10 Å². The fraction of sp³-hybridized carbons (Fsp3) is 0.692. The molecule has 1 atom stereocenters. The van der Waals surface area contributed by atoms with Crippen LogP contribution in [-0.2, 0) is 16.1 Å². The van der Waals surface area contributed by atoms with Gasteiger partial charge in [0, 0.05) is 6.04 Å². The topological polar surface area (TPSA) is 80.1 Å². The first-order valence-electron chi connectivity index (χ1n) is 7.12. The first-order valence-corrected chi connectivity index (χ1v) is 7.12. The average Bonchev–Trinajstić information content (AvgIpc) is 3.06. The normalized spacial score (nSPS) is 22.9. The number of carbonyl (C=O) groups is 2. The lowest BCUT2D eigenvalue weighted by atomic mass is 10.2. The predicted molar refractivity (Wildman–Crippen MR) is 70.5 cm³/mol. The summed E-state index contributed by atoms with van der Waals surface area (Å²) in [6, 6.07) is -0.104. The predicted octanol–water partition coefficient (Wildman–Crippen LogP) is 0.240. The minimum atomic E-state index is -0.388. The molecule has 0 radical (unpaired) electrons. The van der Waals surface area contributed by atoms with Gasteiger partial charge < -0.3 is 10.2 Å². The summed E-state index contributed by atoms with van der Waals surface area (Å²) in [4.78, 5) is 25.8. The Labute approximate surface area is 117 Å². The van der Waals surface area contributed by atoms with E-state index in [0.717, 1.165) is 18.5 Å². The van der Waals surface area contributed by atoms with Crippen LogP contribution in [0.1, 0.15) is 44.3 Å². The van der Waals surface area contributed by atoms with Gasteiger partial charge >= 0.3 is 0 Å². The Hall–Kier alpha value is -1.92. The quantitative estimate of drug-likeness (QED) is 0.858. The number of hydrogen-bond donors (Lipinski definition) is 1. The molecule has 7 nitrogen and oxygen atoms in total. The maximum absolute atomic E-state index is 12.2. The van der Waals surface area contributed by atoms with E-state index in [1.54, 1.807) is 22.7 Å². The van der Waals surface area contributed by atoms with Crippen molar-refractivity contribution in [3.8, 4) is 0 Å². The Morgan fingerprint density at radius 3 is 2.95 bits per heavy atom. The Balaban J connectivity index is 1.63. The zero-order valence-electron chi connectivity index (χ0n) is 11.6. The van der Waals surface area contributed by atoms with E-state index in [-0.39, 0.29) is 30.4 Å². The Morgan fingerprint density at radius 2 is 2.20 bits per heavy atom. The molecule has 1 aliphatic heterocycles. The second kappa shape index (κ2) is 5.22. The number of carbonyl (C=O) groups excluding carboxylic acids is 2. The monoisotopic (exact) mass is 277 g/mol. The Kier molecular flexibility index (Phi) is 3.42. The molecule has 0 unspecified atom stereocenters. The van der Waals surface area contributed by atoms with Crippen LogP contribution in [0.3, 0.4) is 0 Å². The molecule has 0 bridgehead atoms. The maximum Gasteiger partial charge on any atom is 0.248 e. The van der Waals surface area contributed by atoms with E-state index in [0.29, 0.717) is 6.54 Å². The molecule has 1 N–H and O–H groups in total. The summed E-state index contributed by atoms with van der Waals surface area (Å²) in [5, 5.41) is 10.7. The lowest BCUT2D eigenvalue weighted by Crippen LogP contribution is -2.47. The maximum atomic E-state index is 12.2. The van der Waals surface area contributed by atoms with Gasteiger partial charge in [-0.2, -0.15) is 0 Å². The van der Waals surface area contributed by atoms with Crippen molar-refractivity contribution in [2.45, 2.75) is 51.2 Å². The molecule has 1 aromatic heterocycles. The van der Waals surface area contributed by atoms with Crippen molar-refractivity contribution in [2.24, 2.45) is 0 Å². The van der Waals surface area contributed by atoms with Crippen molar-refractivity contribution >= 4 is 11.8 Å². The molecular formula is C13H19N5O2. The van der Waals surface area contributed by atoms with Crippen molar-refractivity contribution in [1.82, 2.24) is 25.2 Å². The highest BCUT2D eigenvalue weighted by molar-refractivity contribution is 5.87. The number of rotatable bonds is 3. The van der Waals surface area contributed by atoms with Gasteiger partial charge in [-0.25, -0.2) is 4.68 Å². The van der Waals surface area contributed by atoms with Gasteiger partial charge in [0.25, 0.3) is 0 Å². The van der Waals surface area contributed by atoms with Gasteiger partial charge in [0.2, 0.25) is 11.8 Å². The third-order valence-corrected chi connectivity index (χ3v) is 4.09. The van der Waals surface area contributed by atoms with Crippen LogP contribution in [-0.4, -0.2) is 44.3 Å². The van der Waals surface area contributed by atoms with Crippen LogP contribution < -0.4 is 5.32 Å². The highest BCUT2D eigenvalue weighted by Gasteiger charge is 2.32. The Bertz CT molecular complexity index is 521. The first-order chi connectivity index (χ1) is 9.65. The van der Waals surface area contributed by atoms with E-state index in [4.69, 9.17) is 0 Å². The number of amides is 2. The van der Waals surface area contributed by atoms with Crippen molar-refractivity contribution in [2.75, 3.05) is 6.54 Å². The molecule has 1 fully saturated rings. The summed E-state index contributed by atoms with van der Waals surface area (Å²) in [7, 11) is 0. The Morgan fingerprint density at radius 1 is 1.45 bits per heavy atom. The third kappa shape index (κ3) is 2.39. The molecule has 2 heterocycles. The van der Waals surface area contributed by atoms with E-state index in [1.165, 1.54) is 12.8 Å². The summed E-state index contributed by atoms with van der Waals surface area (Å²) in [6.45, 7) is 2.29. The summed E-state index contributed by atoms with van der Waals surface area (Å²) < 4.78 is 1.62. The molecule has 1 saturated carbocycles. The van der Waals surface area contributed by atoms with Crippen LogP contribution >= 0.6 is 0 Å². The molecule has 0 saturated heterocycles. The van der Waals surface area contributed by atoms with E-state index < -0.39 is 0 Å². The second-order valence-electron chi connectivity index (χ2n) is 5.59. The fourth-order valence-electron chi connectivity index (χ4n) is 3.00. The van der Waals surface area contributed by atoms with Crippen LogP contribution in [0.5, 0.6) is 0 Å². The van der Waals surface area contributed by atoms with Crippen molar-refractivity contribution in [1.29, 1.82) is 0 Å². The molecule has 0 aromatic carbocycles. The highest BCUT2D eigenvalue weighted by Crippen LogP contribution is 2.20. The number of fused-ring (bicyclic) bond motifs is 1. The molecule has 3 rings (SSSR count). The third-order valence-electron chi connectivity index (χ3n) is 4.09. The second-order valence-corrected chi connectivity index (χ2v) is 5.59. The summed E-state index contributed by atoms with van der Waals surface area (Å²) in [5.41, 5.74) is 0.866. The minimum Gasteiger partial charge on any atom is -0.352 e. The van der Waals surface area contributed by atoms with Crippen LogP contribution in [0.4, 0.5) is 0 Å². The van der Waals surface area contributed by atoms with Crippen molar-refractivity contribution < 1.29 is 9.59 Å². The molecule has 1 aromatic rings. The zero-order chi connectivity index (χ0) is 14.1. The molecule has 0 spiro atoms. The SMILES string of the molecule is C[C@H]1C(=O)N(CC(=O)NC2CCCC2)Cc2cnnn21. The number of nitrogens with one attached hydrogen (secondary N) is 1. The van der Waals surface area contributed by atoms with Crippen molar-refractivity contribution in [3.05, 3.63) is 11.9 Å². The van der Waals surface area contributed by atoms with E-state index in [9.17, 15) is 9.59 Å². The van der Waals surface area contributed by atoms with Gasteiger partial charge in [-0.1, -0.05) is 18.1 Å². The summed E-state index contributed by atoms with van der Waals surface area (Å²) in [5.74, 6) is -0.150. The summed E-state index contributed by atoms with van der Waals surface area (Å²) in [6.07, 6.45) is 6.09. The average molecular weight is 277 g/mol. The van der Waals surface area contributed by atoms with Gasteiger partial charge in [-0.3, -0.25) is 9.59 Å². The lowest BCUT2D eigenvalue weighted by molar-refractivity contribution is -0.141. The van der Waals surface area contributed by atoms with E-state index in [1.807, 2.05) is 0 Å². The van der Waals surface area contributed by atoms with E-state index in [2.05, 4.69) is 15.6 Å². The molecule has 7 heteroatoms. The van der Waals surface area contributed by atoms with Gasteiger partial charge in [-0.05, 0) is 19.8 Å². The van der Waals surface area contributed by atoms with Gasteiger partial charge in [0.05, 0.1) is 18.4 Å². The van der Waals surface area contributed by atoms with Crippen molar-refractivity contribution in [3.63, 3.8) is 0 Å². The molecule has 20 heavy (non-hydrogen) atoms. The van der Waals surface area contributed by atoms with Crippen LogP contribution in [0.15, 0.2) is 6.20 Å². The minimum absolute atomic E-state index is 0.0709. The number of nitrogens with zero attached hydrogens (tertiary/aromatic N) is 4. The first kappa shape index (κ1) is 13.1. The van der Waals surface area contributed by atoms with Crippen LogP contribution in [0, 0.1) is 0 Å². The lowest BCUT2D eigenvalue weighted by Gasteiger charge is -2.30. The van der Waals surface area contributed by atoms with Crippen LogP contribution in [0.25, 0.3) is 0 Å². The van der Waals surface area contributed by atoms with Crippen LogP contribution in [0.2, 0.25) is 0 Å². The van der Waals surface area contributed by atoms with Gasteiger partial charge in [0.1, 0.15) is 12.6 Å². The number of hydrogen-bond acceptors (Lipinski definition) is 4. The fourth-order valence-corrected chi connectivity index (χ4v) is 3.00.